The van der Waals surface area contributed by atoms with E-state index in [-0.39, 0.29) is 12.2 Å². The summed E-state index contributed by atoms with van der Waals surface area (Å²) in [6.07, 6.45) is 1.00. The Kier molecular flexibility index (Phi) is 7.19. The maximum Gasteiger partial charge on any atom is 0.249 e. The topological polar surface area (TPSA) is 100 Å². The Balaban J connectivity index is 1.86. The number of hydrogen-bond acceptors (Lipinski definition) is 5. The highest BCUT2D eigenvalue weighted by atomic mass is 35.5. The van der Waals surface area contributed by atoms with Crippen molar-refractivity contribution in [3.63, 3.8) is 0 Å². The molecule has 0 radical (unpaired) electrons. The lowest BCUT2D eigenvalue weighted by atomic mass is 10.2. The summed E-state index contributed by atoms with van der Waals surface area (Å²) < 4.78 is 5.27. The van der Waals surface area contributed by atoms with Gasteiger partial charge in [0.15, 0.2) is 11.5 Å². The SMILES string of the molecule is CCOc1cc(/C=N/NC(=O)CC(=O)Nc2ccc(C)c(Cl)c2)ccc1O. The highest BCUT2D eigenvalue weighted by molar-refractivity contribution is 6.31. The molecule has 0 fully saturated rings. The highest BCUT2D eigenvalue weighted by Gasteiger charge is 2.10. The molecule has 8 heteroatoms. The monoisotopic (exact) mass is 389 g/mol. The van der Waals surface area contributed by atoms with Crippen molar-refractivity contribution in [3.05, 3.63) is 52.5 Å². The molecule has 142 valence electrons. The number of hydrazone groups is 1. The lowest BCUT2D eigenvalue weighted by molar-refractivity contribution is -0.126. The number of ether oxygens (including phenoxy) is 1. The molecule has 0 saturated heterocycles. The maximum absolute atomic E-state index is 11.9. The molecule has 2 amide bonds. The number of hydrogen-bond donors (Lipinski definition) is 3. The van der Waals surface area contributed by atoms with E-state index < -0.39 is 11.8 Å². The fourth-order valence-corrected chi connectivity index (χ4v) is 2.30. The molecule has 0 aliphatic carbocycles. The molecule has 0 saturated carbocycles. The van der Waals surface area contributed by atoms with Gasteiger partial charge in [-0.2, -0.15) is 5.10 Å². The van der Waals surface area contributed by atoms with E-state index in [1.807, 2.05) is 6.92 Å². The average molecular weight is 390 g/mol. The first-order valence-corrected chi connectivity index (χ1v) is 8.60. The summed E-state index contributed by atoms with van der Waals surface area (Å²) in [4.78, 5) is 23.7. The second-order valence-corrected chi connectivity index (χ2v) is 6.05. The van der Waals surface area contributed by atoms with Crippen molar-refractivity contribution in [3.8, 4) is 11.5 Å². The van der Waals surface area contributed by atoms with Crippen molar-refractivity contribution in [1.82, 2.24) is 5.43 Å². The number of carbonyl (C=O) groups excluding carboxylic acids is 2. The van der Waals surface area contributed by atoms with Gasteiger partial charge < -0.3 is 15.2 Å². The van der Waals surface area contributed by atoms with Crippen molar-refractivity contribution >= 4 is 35.3 Å². The zero-order valence-electron chi connectivity index (χ0n) is 15.0. The molecule has 0 aliphatic heterocycles. The Hall–Kier alpha value is -3.06. The number of anilines is 1. The first-order valence-electron chi connectivity index (χ1n) is 8.22. The van der Waals surface area contributed by atoms with Crippen molar-refractivity contribution in [2.45, 2.75) is 20.3 Å². The minimum absolute atomic E-state index is 0.0194. The highest BCUT2D eigenvalue weighted by Crippen LogP contribution is 2.26. The third-order valence-electron chi connectivity index (χ3n) is 3.46. The quantitative estimate of drug-likeness (QED) is 0.384. The summed E-state index contributed by atoms with van der Waals surface area (Å²) >= 11 is 6.00. The minimum Gasteiger partial charge on any atom is -0.504 e. The molecule has 0 unspecified atom stereocenters. The van der Waals surface area contributed by atoms with Crippen LogP contribution in [-0.4, -0.2) is 29.7 Å². The summed E-state index contributed by atoms with van der Waals surface area (Å²) in [6, 6.07) is 9.76. The molecule has 0 heterocycles. The first-order chi connectivity index (χ1) is 12.9. The van der Waals surface area contributed by atoms with Gasteiger partial charge in [-0.05, 0) is 55.3 Å². The third-order valence-corrected chi connectivity index (χ3v) is 3.87. The Labute approximate surface area is 162 Å². The molecule has 0 aliphatic rings. The van der Waals surface area contributed by atoms with E-state index >= 15 is 0 Å². The second kappa shape index (κ2) is 9.59. The number of carbonyl (C=O) groups is 2. The van der Waals surface area contributed by atoms with Crippen LogP contribution < -0.4 is 15.5 Å². The van der Waals surface area contributed by atoms with E-state index in [0.717, 1.165) is 5.56 Å². The number of phenolic OH excluding ortho intramolecular Hbond substituents is 1. The number of nitrogens with one attached hydrogen (secondary N) is 2. The van der Waals surface area contributed by atoms with Gasteiger partial charge in [0.1, 0.15) is 6.42 Å². The van der Waals surface area contributed by atoms with Crippen LogP contribution in [0.1, 0.15) is 24.5 Å². The molecule has 0 aromatic heterocycles. The van der Waals surface area contributed by atoms with Crippen LogP contribution in [0.15, 0.2) is 41.5 Å². The Morgan fingerprint density at radius 3 is 2.70 bits per heavy atom. The predicted molar refractivity (Wildman–Crippen MR) is 104 cm³/mol. The van der Waals surface area contributed by atoms with Crippen LogP contribution in [0.5, 0.6) is 11.5 Å². The van der Waals surface area contributed by atoms with Crippen LogP contribution in [0.4, 0.5) is 5.69 Å². The van der Waals surface area contributed by atoms with E-state index in [4.69, 9.17) is 16.3 Å². The maximum atomic E-state index is 11.9. The van der Waals surface area contributed by atoms with Crippen LogP contribution in [-0.2, 0) is 9.59 Å². The van der Waals surface area contributed by atoms with Crippen LogP contribution in [0.25, 0.3) is 0 Å². The molecule has 27 heavy (non-hydrogen) atoms. The van der Waals surface area contributed by atoms with E-state index in [9.17, 15) is 14.7 Å². The van der Waals surface area contributed by atoms with Crippen molar-refractivity contribution in [2.75, 3.05) is 11.9 Å². The third kappa shape index (κ3) is 6.31. The molecule has 7 nitrogen and oxygen atoms in total. The van der Waals surface area contributed by atoms with E-state index in [1.54, 1.807) is 37.3 Å². The standard InChI is InChI=1S/C19H20ClN3O4/c1-3-27-17-8-13(5-7-16(17)24)11-21-23-19(26)10-18(25)22-14-6-4-12(2)15(20)9-14/h4-9,11,24H,3,10H2,1-2H3,(H,22,25)(H,23,26)/b21-11+. The Morgan fingerprint density at radius 2 is 2.00 bits per heavy atom. The van der Waals surface area contributed by atoms with Gasteiger partial charge in [-0.15, -0.1) is 0 Å². The van der Waals surface area contributed by atoms with Crippen molar-refractivity contribution in [1.29, 1.82) is 0 Å². The number of phenols is 1. The van der Waals surface area contributed by atoms with Crippen LogP contribution in [0, 0.1) is 6.92 Å². The fraction of sp³-hybridized carbons (Fsp3) is 0.211. The second-order valence-electron chi connectivity index (χ2n) is 5.64. The largest absolute Gasteiger partial charge is 0.504 e. The lowest BCUT2D eigenvalue weighted by Crippen LogP contribution is -2.24. The number of rotatable bonds is 7. The molecule has 0 atom stereocenters. The van der Waals surface area contributed by atoms with Gasteiger partial charge in [-0.3, -0.25) is 9.59 Å². The molecule has 3 N–H and O–H groups in total. The zero-order chi connectivity index (χ0) is 19.8. The normalized spacial score (nSPS) is 10.6. The average Bonchev–Trinajstić information content (AvgIpc) is 2.61. The molecular formula is C19H20ClN3O4. The van der Waals surface area contributed by atoms with Gasteiger partial charge in [0.2, 0.25) is 11.8 Å². The number of nitrogens with zero attached hydrogens (tertiary/aromatic N) is 1. The van der Waals surface area contributed by atoms with Gasteiger partial charge in [0.25, 0.3) is 0 Å². The van der Waals surface area contributed by atoms with Gasteiger partial charge >= 0.3 is 0 Å². The number of amides is 2. The number of aryl methyl sites for hydroxylation is 1. The number of benzene rings is 2. The molecule has 2 aromatic rings. The van der Waals surface area contributed by atoms with Gasteiger partial charge in [0, 0.05) is 10.7 Å². The summed E-state index contributed by atoms with van der Waals surface area (Å²) in [7, 11) is 0. The van der Waals surface area contributed by atoms with Crippen LogP contribution in [0.2, 0.25) is 5.02 Å². The Morgan fingerprint density at radius 1 is 1.22 bits per heavy atom. The summed E-state index contributed by atoms with van der Waals surface area (Å²) in [5.74, 6) is -0.702. The van der Waals surface area contributed by atoms with Gasteiger partial charge in [-0.1, -0.05) is 17.7 Å². The van der Waals surface area contributed by atoms with Crippen molar-refractivity contribution in [2.24, 2.45) is 5.10 Å². The van der Waals surface area contributed by atoms with E-state index in [0.29, 0.717) is 28.6 Å². The summed E-state index contributed by atoms with van der Waals surface area (Å²) in [5, 5.41) is 16.6. The fourth-order valence-electron chi connectivity index (χ4n) is 2.12. The summed E-state index contributed by atoms with van der Waals surface area (Å²) in [6.45, 7) is 4.06. The molecule has 2 rings (SSSR count). The molecule has 2 aromatic carbocycles. The van der Waals surface area contributed by atoms with Crippen LogP contribution >= 0.6 is 11.6 Å². The van der Waals surface area contributed by atoms with Crippen molar-refractivity contribution < 1.29 is 19.4 Å². The van der Waals surface area contributed by atoms with Crippen LogP contribution in [0.3, 0.4) is 0 Å². The summed E-state index contributed by atoms with van der Waals surface area (Å²) in [5.41, 5.74) is 4.30. The number of aromatic hydroxyl groups is 1. The van der Waals surface area contributed by atoms with Gasteiger partial charge in [0.05, 0.1) is 12.8 Å². The smallest absolute Gasteiger partial charge is 0.249 e. The predicted octanol–water partition coefficient (Wildman–Crippen LogP) is 3.23. The van der Waals surface area contributed by atoms with E-state index in [1.165, 1.54) is 12.3 Å². The molecule has 0 bridgehead atoms. The zero-order valence-corrected chi connectivity index (χ0v) is 15.7. The van der Waals surface area contributed by atoms with Gasteiger partial charge in [-0.25, -0.2) is 5.43 Å². The number of halogens is 1. The molecular weight excluding hydrogens is 370 g/mol. The van der Waals surface area contributed by atoms with E-state index in [2.05, 4.69) is 15.8 Å². The molecule has 0 spiro atoms. The Bertz CT molecular complexity index is 868. The minimum atomic E-state index is -0.564. The first kappa shape index (κ1) is 20.3. The lowest BCUT2D eigenvalue weighted by Gasteiger charge is -2.07.